The highest BCUT2D eigenvalue weighted by molar-refractivity contribution is 5.87. The van der Waals surface area contributed by atoms with E-state index in [1.54, 1.807) is 7.11 Å². The van der Waals surface area contributed by atoms with E-state index in [9.17, 15) is 4.79 Å². The number of piperidine rings is 4. The lowest BCUT2D eigenvalue weighted by molar-refractivity contribution is -0.402. The fourth-order valence-corrected chi connectivity index (χ4v) is 13.5. The molecule has 11 rings (SSSR count). The molecule has 0 amide bonds. The molecular weight excluding hydrogens is 612 g/mol. The van der Waals surface area contributed by atoms with E-state index in [0.717, 1.165) is 50.9 Å². The first-order chi connectivity index (χ1) is 23.7. The van der Waals surface area contributed by atoms with Crippen LogP contribution in [0.5, 0.6) is 0 Å². The van der Waals surface area contributed by atoms with Gasteiger partial charge >= 0.3 is 5.97 Å². The van der Waals surface area contributed by atoms with E-state index in [-0.39, 0.29) is 28.8 Å². The number of likely N-dealkylation sites (N-methyl/N-ethyl adjacent to an activating group) is 1. The standard InChI is InChI=1S/C41H48N4O4/c1-6-23-21-44-16-15-40-19-29-25-17-33-35-26(24-11-7-9-13-30(24)42-35)18-32(43(33)4)27(25)22-48-39(29,3)49-41(40)34(44)20-38(23,2)36(37(46)47-5)45(41)31-14-10-8-12-28(31)40/h6-14,25,27,29,32-34,36,42H,15-22H2,1-5H3/t25-,27-,29+,32-,33-,34+,36-,38+,39+,40+,41+/m1/s1. The summed E-state index contributed by atoms with van der Waals surface area (Å²) < 4.78 is 20.8. The highest BCUT2D eigenvalue weighted by atomic mass is 16.7. The van der Waals surface area contributed by atoms with Crippen molar-refractivity contribution in [3.63, 3.8) is 0 Å². The largest absolute Gasteiger partial charge is 0.467 e. The molecule has 1 spiro atoms. The Labute approximate surface area is 288 Å². The summed E-state index contributed by atoms with van der Waals surface area (Å²) in [6.45, 7) is 9.28. The number of aromatic amines is 1. The number of carbonyl (C=O) groups excluding carboxylic acids is 1. The highest BCUT2D eigenvalue weighted by Crippen LogP contribution is 2.73. The van der Waals surface area contributed by atoms with Crippen LogP contribution < -0.4 is 4.90 Å². The molecule has 1 N–H and O–H groups in total. The molecule has 8 aliphatic heterocycles. The number of esters is 1. The number of fused-ring (bicyclic) bond motifs is 13. The van der Waals surface area contributed by atoms with Crippen molar-refractivity contribution in [3.8, 4) is 0 Å². The molecule has 0 saturated carbocycles. The molecule has 49 heavy (non-hydrogen) atoms. The number of hydrogen-bond donors (Lipinski definition) is 1. The third-order valence-electron chi connectivity index (χ3n) is 15.6. The predicted octanol–water partition coefficient (Wildman–Crippen LogP) is 5.92. The first-order valence-corrected chi connectivity index (χ1v) is 18.7. The van der Waals surface area contributed by atoms with E-state index < -0.39 is 17.6 Å². The van der Waals surface area contributed by atoms with Gasteiger partial charge in [-0.25, -0.2) is 4.79 Å². The molecule has 4 bridgehead atoms. The maximum atomic E-state index is 14.2. The number of benzene rings is 2. The number of anilines is 1. The number of hydrogen-bond acceptors (Lipinski definition) is 7. The summed E-state index contributed by atoms with van der Waals surface area (Å²) in [4.78, 5) is 25.9. The van der Waals surface area contributed by atoms with Gasteiger partial charge in [0.05, 0.1) is 25.8 Å². The van der Waals surface area contributed by atoms with Gasteiger partial charge in [-0.3, -0.25) is 9.80 Å². The zero-order chi connectivity index (χ0) is 33.2. The third kappa shape index (κ3) is 3.22. The monoisotopic (exact) mass is 660 g/mol. The topological polar surface area (TPSA) is 70.3 Å². The summed E-state index contributed by atoms with van der Waals surface area (Å²) in [7, 11) is 3.89. The van der Waals surface area contributed by atoms with Gasteiger partial charge in [0.2, 0.25) is 0 Å². The lowest BCUT2D eigenvalue weighted by Gasteiger charge is -2.74. The van der Waals surface area contributed by atoms with Crippen LogP contribution in [0.15, 0.2) is 60.2 Å². The molecule has 8 nitrogen and oxygen atoms in total. The van der Waals surface area contributed by atoms with Gasteiger partial charge in [0, 0.05) is 64.1 Å². The van der Waals surface area contributed by atoms with Crippen molar-refractivity contribution in [3.05, 3.63) is 77.0 Å². The number of nitrogens with zero attached hydrogens (tertiary/aromatic N) is 3. The number of methoxy groups -OCH3 is 1. The number of allylic oxidation sites excluding steroid dienone is 1. The number of nitrogens with one attached hydrogen (secondary N) is 1. The van der Waals surface area contributed by atoms with E-state index in [0.29, 0.717) is 30.5 Å². The molecule has 2 aromatic carbocycles. The van der Waals surface area contributed by atoms with Crippen molar-refractivity contribution in [2.45, 2.75) is 94.0 Å². The van der Waals surface area contributed by atoms with Crippen LogP contribution in [-0.2, 0) is 30.8 Å². The Hall–Kier alpha value is -3.17. The van der Waals surface area contributed by atoms with Gasteiger partial charge in [-0.15, -0.1) is 0 Å². The molecule has 11 atom stereocenters. The molecule has 1 aromatic heterocycles. The summed E-state index contributed by atoms with van der Waals surface area (Å²) in [5.41, 5.74) is 6.67. The molecule has 3 aromatic rings. The molecule has 9 heterocycles. The highest BCUT2D eigenvalue weighted by Gasteiger charge is 2.81. The van der Waals surface area contributed by atoms with Crippen molar-refractivity contribution in [1.82, 2.24) is 14.8 Å². The minimum Gasteiger partial charge on any atom is -0.467 e. The fourth-order valence-electron chi connectivity index (χ4n) is 13.5. The molecule has 8 heteroatoms. The van der Waals surface area contributed by atoms with Crippen LogP contribution in [0, 0.1) is 23.2 Å². The Morgan fingerprint density at radius 3 is 2.73 bits per heavy atom. The average Bonchev–Trinajstić information content (AvgIpc) is 3.58. The first kappa shape index (κ1) is 29.5. The van der Waals surface area contributed by atoms with E-state index >= 15 is 0 Å². The van der Waals surface area contributed by atoms with Crippen molar-refractivity contribution >= 4 is 22.6 Å². The molecular formula is C41H48N4O4. The summed E-state index contributed by atoms with van der Waals surface area (Å²) in [5, 5.41) is 1.38. The lowest BCUT2D eigenvalue weighted by atomic mass is 9.50. The van der Waals surface area contributed by atoms with Crippen LogP contribution in [0.1, 0.15) is 69.3 Å². The second-order valence-corrected chi connectivity index (χ2v) is 17.1. The minimum absolute atomic E-state index is 0.133. The number of aromatic nitrogens is 1. The number of rotatable bonds is 1. The molecule has 8 aliphatic rings. The van der Waals surface area contributed by atoms with E-state index in [4.69, 9.17) is 14.2 Å². The van der Waals surface area contributed by atoms with Crippen LogP contribution in [-0.4, -0.2) is 84.2 Å². The van der Waals surface area contributed by atoms with Crippen LogP contribution in [0.4, 0.5) is 5.69 Å². The SMILES string of the molecule is CC=C1CN2CC[C@@]34C[C@H]5[C@@H]6C[C@@H]7c8[nH]c9ccccc9c8C[C@H]([C@@H]6CO[C@@]5(C)O[C@@]35[C@@H]2C[C@]1(C)[C@@H](C(=O)OC)N5c1ccccc14)N7C. The van der Waals surface area contributed by atoms with Gasteiger partial charge in [0.15, 0.2) is 11.5 Å². The molecule has 0 radical (unpaired) electrons. The van der Waals surface area contributed by atoms with Crippen molar-refractivity contribution in [1.29, 1.82) is 0 Å². The summed E-state index contributed by atoms with van der Waals surface area (Å²) in [6.07, 6.45) is 7.28. The van der Waals surface area contributed by atoms with Crippen LogP contribution in [0.2, 0.25) is 0 Å². The average molecular weight is 661 g/mol. The van der Waals surface area contributed by atoms with Gasteiger partial charge in [-0.2, -0.15) is 0 Å². The number of para-hydroxylation sites is 2. The second-order valence-electron chi connectivity index (χ2n) is 17.1. The van der Waals surface area contributed by atoms with Crippen molar-refractivity contribution < 1.29 is 19.0 Å². The van der Waals surface area contributed by atoms with Crippen LogP contribution in [0.25, 0.3) is 10.9 Å². The maximum Gasteiger partial charge on any atom is 0.329 e. The molecule has 6 saturated heterocycles. The second kappa shape index (κ2) is 9.38. The van der Waals surface area contributed by atoms with Crippen LogP contribution in [0.3, 0.4) is 0 Å². The van der Waals surface area contributed by atoms with E-state index in [2.05, 4.69) is 102 Å². The molecule has 256 valence electrons. The Morgan fingerprint density at radius 1 is 1.08 bits per heavy atom. The Bertz CT molecular complexity index is 1970. The molecule has 0 aliphatic carbocycles. The maximum absolute atomic E-state index is 14.2. The minimum atomic E-state index is -0.767. The quantitative estimate of drug-likeness (QED) is 0.257. The number of carbonyl (C=O) groups is 1. The first-order valence-electron chi connectivity index (χ1n) is 18.7. The summed E-state index contributed by atoms with van der Waals surface area (Å²) in [6, 6.07) is 18.2. The zero-order valence-electron chi connectivity index (χ0n) is 29.4. The number of H-pyrrole nitrogens is 1. The molecule has 6 fully saturated rings. The van der Waals surface area contributed by atoms with Gasteiger partial charge < -0.3 is 24.1 Å². The lowest BCUT2D eigenvalue weighted by Crippen LogP contribution is -2.86. The van der Waals surface area contributed by atoms with Gasteiger partial charge in [-0.1, -0.05) is 55.0 Å². The van der Waals surface area contributed by atoms with Gasteiger partial charge in [0.1, 0.15) is 6.04 Å². The Kier molecular flexibility index (Phi) is 5.66. The van der Waals surface area contributed by atoms with E-state index in [1.807, 2.05) is 0 Å². The predicted molar refractivity (Wildman–Crippen MR) is 187 cm³/mol. The van der Waals surface area contributed by atoms with Crippen LogP contribution >= 0.6 is 0 Å². The number of ether oxygens (including phenoxy) is 3. The smallest absolute Gasteiger partial charge is 0.329 e. The van der Waals surface area contributed by atoms with Crippen molar-refractivity contribution in [2.24, 2.45) is 23.2 Å². The Balaban J connectivity index is 1.08. The van der Waals surface area contributed by atoms with Gasteiger partial charge in [0.25, 0.3) is 0 Å². The van der Waals surface area contributed by atoms with Crippen molar-refractivity contribution in [2.75, 3.05) is 38.8 Å². The zero-order valence-corrected chi connectivity index (χ0v) is 29.4. The van der Waals surface area contributed by atoms with E-state index in [1.165, 1.54) is 33.3 Å². The Morgan fingerprint density at radius 2 is 1.90 bits per heavy atom. The third-order valence-corrected chi connectivity index (χ3v) is 15.6. The van der Waals surface area contributed by atoms with Gasteiger partial charge in [-0.05, 0) is 82.2 Å². The normalized spacial score (nSPS) is 45.3. The fraction of sp³-hybridized carbons (Fsp3) is 0.585. The summed E-state index contributed by atoms with van der Waals surface area (Å²) in [5.74, 6) is 0.211. The molecule has 0 unspecified atom stereocenters. The summed E-state index contributed by atoms with van der Waals surface area (Å²) >= 11 is 0.